The molecule has 1 aromatic rings. The van der Waals surface area contributed by atoms with Crippen molar-refractivity contribution in [1.82, 2.24) is 0 Å². The van der Waals surface area contributed by atoms with Crippen LogP contribution in [0.15, 0.2) is 12.1 Å². The molecule has 0 spiro atoms. The molecule has 1 rings (SSSR count). The third-order valence-corrected chi connectivity index (χ3v) is 3.48. The minimum Gasteiger partial charge on any atom is -0.493 e. The molecule has 0 radical (unpaired) electrons. The largest absolute Gasteiger partial charge is 0.493 e. The van der Waals surface area contributed by atoms with Crippen molar-refractivity contribution in [2.24, 2.45) is 11.7 Å². The predicted octanol–water partition coefficient (Wildman–Crippen LogP) is 3.79. The molecule has 0 heterocycles. The van der Waals surface area contributed by atoms with E-state index in [9.17, 15) is 0 Å². The Kier molecular flexibility index (Phi) is 5.76. The van der Waals surface area contributed by atoms with Gasteiger partial charge >= 0.3 is 0 Å². The van der Waals surface area contributed by atoms with Crippen LogP contribution in [-0.4, -0.2) is 14.2 Å². The molecule has 4 heteroatoms. The van der Waals surface area contributed by atoms with Crippen molar-refractivity contribution in [2.45, 2.75) is 32.7 Å². The molecule has 0 bridgehead atoms. The lowest BCUT2D eigenvalue weighted by Crippen LogP contribution is -2.19. The van der Waals surface area contributed by atoms with Crippen molar-refractivity contribution in [3.05, 3.63) is 22.7 Å². The van der Waals surface area contributed by atoms with Gasteiger partial charge in [0.1, 0.15) is 0 Å². The van der Waals surface area contributed by atoms with Crippen molar-refractivity contribution in [3.8, 4) is 11.5 Å². The summed E-state index contributed by atoms with van der Waals surface area (Å²) in [5, 5.41) is 0.533. The summed E-state index contributed by atoms with van der Waals surface area (Å²) in [7, 11) is 3.17. The second-order valence-electron chi connectivity index (χ2n) is 4.53. The number of rotatable bonds is 6. The molecule has 3 nitrogen and oxygen atoms in total. The minimum atomic E-state index is -0.0396. The van der Waals surface area contributed by atoms with Gasteiger partial charge in [0.05, 0.1) is 19.2 Å². The van der Waals surface area contributed by atoms with E-state index in [0.29, 0.717) is 22.4 Å². The Morgan fingerprint density at radius 2 is 1.94 bits per heavy atom. The fourth-order valence-corrected chi connectivity index (χ4v) is 2.39. The van der Waals surface area contributed by atoms with Crippen molar-refractivity contribution in [3.63, 3.8) is 0 Å². The first kappa shape index (κ1) is 15.1. The molecule has 0 fully saturated rings. The fraction of sp³-hybridized carbons (Fsp3) is 0.571. The topological polar surface area (TPSA) is 44.5 Å². The maximum Gasteiger partial charge on any atom is 0.179 e. The molecule has 18 heavy (non-hydrogen) atoms. The molecule has 0 aliphatic rings. The number of benzene rings is 1. The van der Waals surface area contributed by atoms with Gasteiger partial charge in [0.2, 0.25) is 0 Å². The van der Waals surface area contributed by atoms with Crippen LogP contribution in [-0.2, 0) is 0 Å². The standard InChI is InChI=1S/C14H22ClNO2/c1-5-6-9(2)13(16)10-7-11(15)14(18-4)12(8-10)17-3/h7-9,13H,5-6,16H2,1-4H3. The molecule has 0 saturated heterocycles. The lowest BCUT2D eigenvalue weighted by molar-refractivity contribution is 0.353. The lowest BCUT2D eigenvalue weighted by atomic mass is 9.91. The number of nitrogens with two attached hydrogens (primary N) is 1. The number of ether oxygens (including phenoxy) is 2. The van der Waals surface area contributed by atoms with Crippen molar-refractivity contribution >= 4 is 11.6 Å². The number of methoxy groups -OCH3 is 2. The van der Waals surface area contributed by atoms with Gasteiger partial charge in [-0.2, -0.15) is 0 Å². The summed E-state index contributed by atoms with van der Waals surface area (Å²) in [4.78, 5) is 0. The Morgan fingerprint density at radius 3 is 2.44 bits per heavy atom. The van der Waals surface area contributed by atoms with Gasteiger partial charge in [-0.1, -0.05) is 31.9 Å². The fourth-order valence-electron chi connectivity index (χ4n) is 2.09. The highest BCUT2D eigenvalue weighted by atomic mass is 35.5. The van der Waals surface area contributed by atoms with E-state index in [2.05, 4.69) is 13.8 Å². The Balaban J connectivity index is 3.07. The molecule has 2 unspecified atom stereocenters. The van der Waals surface area contributed by atoms with Crippen molar-refractivity contribution in [2.75, 3.05) is 14.2 Å². The van der Waals surface area contributed by atoms with Crippen LogP contribution in [0.25, 0.3) is 0 Å². The van der Waals surface area contributed by atoms with E-state index >= 15 is 0 Å². The average Bonchev–Trinajstić information content (AvgIpc) is 2.36. The first-order valence-corrected chi connectivity index (χ1v) is 6.59. The Labute approximate surface area is 114 Å². The smallest absolute Gasteiger partial charge is 0.179 e. The summed E-state index contributed by atoms with van der Waals surface area (Å²) < 4.78 is 10.5. The zero-order valence-corrected chi connectivity index (χ0v) is 12.3. The lowest BCUT2D eigenvalue weighted by Gasteiger charge is -2.21. The van der Waals surface area contributed by atoms with Crippen LogP contribution >= 0.6 is 11.6 Å². The summed E-state index contributed by atoms with van der Waals surface area (Å²) in [6.45, 7) is 4.31. The Morgan fingerprint density at radius 1 is 1.28 bits per heavy atom. The molecule has 0 aromatic heterocycles. The average molecular weight is 272 g/mol. The van der Waals surface area contributed by atoms with E-state index in [1.807, 2.05) is 12.1 Å². The molecule has 0 aliphatic carbocycles. The molecule has 1 aromatic carbocycles. The van der Waals surface area contributed by atoms with E-state index in [-0.39, 0.29) is 6.04 Å². The zero-order valence-electron chi connectivity index (χ0n) is 11.5. The molecule has 2 N–H and O–H groups in total. The predicted molar refractivity (Wildman–Crippen MR) is 75.6 cm³/mol. The van der Waals surface area contributed by atoms with Gasteiger partial charge in [-0.25, -0.2) is 0 Å². The van der Waals surface area contributed by atoms with Crippen molar-refractivity contribution in [1.29, 1.82) is 0 Å². The van der Waals surface area contributed by atoms with Crippen LogP contribution in [0, 0.1) is 5.92 Å². The number of hydrogen-bond acceptors (Lipinski definition) is 3. The molecule has 2 atom stereocenters. The van der Waals surface area contributed by atoms with E-state index in [4.69, 9.17) is 26.8 Å². The van der Waals surface area contributed by atoms with Gasteiger partial charge in [-0.3, -0.25) is 0 Å². The van der Waals surface area contributed by atoms with E-state index in [0.717, 1.165) is 18.4 Å². The van der Waals surface area contributed by atoms with Crippen LogP contribution < -0.4 is 15.2 Å². The normalized spacial score (nSPS) is 14.1. The van der Waals surface area contributed by atoms with Gasteiger partial charge < -0.3 is 15.2 Å². The summed E-state index contributed by atoms with van der Waals surface area (Å²) in [5.41, 5.74) is 7.24. The summed E-state index contributed by atoms with van der Waals surface area (Å²) in [6, 6.07) is 3.73. The monoisotopic (exact) mass is 271 g/mol. The van der Waals surface area contributed by atoms with Gasteiger partial charge in [-0.15, -0.1) is 0 Å². The zero-order chi connectivity index (χ0) is 13.7. The van der Waals surface area contributed by atoms with Crippen LogP contribution in [0.4, 0.5) is 0 Å². The molecular formula is C14H22ClNO2. The summed E-state index contributed by atoms with van der Waals surface area (Å²) in [6.07, 6.45) is 2.21. The SMILES string of the molecule is CCCC(C)C(N)c1cc(Cl)c(OC)c(OC)c1. The summed E-state index contributed by atoms with van der Waals surface area (Å²) >= 11 is 6.18. The van der Waals surface area contributed by atoms with Crippen LogP contribution in [0.1, 0.15) is 38.3 Å². The van der Waals surface area contributed by atoms with Gasteiger partial charge in [0.25, 0.3) is 0 Å². The van der Waals surface area contributed by atoms with Gasteiger partial charge in [-0.05, 0) is 30.0 Å². The first-order chi connectivity index (χ1) is 8.54. The van der Waals surface area contributed by atoms with Crippen molar-refractivity contribution < 1.29 is 9.47 Å². The number of halogens is 1. The second kappa shape index (κ2) is 6.86. The maximum absolute atomic E-state index is 6.25. The maximum atomic E-state index is 6.25. The molecule has 0 saturated carbocycles. The Hall–Kier alpha value is -0.930. The highest BCUT2D eigenvalue weighted by Crippen LogP contribution is 2.38. The highest BCUT2D eigenvalue weighted by Gasteiger charge is 2.18. The minimum absolute atomic E-state index is 0.0396. The van der Waals surface area contributed by atoms with E-state index in [1.165, 1.54) is 0 Å². The third-order valence-electron chi connectivity index (χ3n) is 3.20. The molecule has 102 valence electrons. The molecule has 0 amide bonds. The van der Waals surface area contributed by atoms with E-state index in [1.54, 1.807) is 14.2 Å². The van der Waals surface area contributed by atoms with Gasteiger partial charge in [0.15, 0.2) is 11.5 Å². The van der Waals surface area contributed by atoms with Crippen LogP contribution in [0.5, 0.6) is 11.5 Å². The Bertz CT molecular complexity index is 396. The van der Waals surface area contributed by atoms with Crippen LogP contribution in [0.3, 0.4) is 0 Å². The second-order valence-corrected chi connectivity index (χ2v) is 4.94. The molecular weight excluding hydrogens is 250 g/mol. The van der Waals surface area contributed by atoms with Crippen LogP contribution in [0.2, 0.25) is 5.02 Å². The summed E-state index contributed by atoms with van der Waals surface area (Å²) in [5.74, 6) is 1.58. The highest BCUT2D eigenvalue weighted by molar-refractivity contribution is 6.32. The number of hydrogen-bond donors (Lipinski definition) is 1. The molecule has 0 aliphatic heterocycles. The van der Waals surface area contributed by atoms with Gasteiger partial charge in [0, 0.05) is 6.04 Å². The third kappa shape index (κ3) is 3.30. The van der Waals surface area contributed by atoms with E-state index < -0.39 is 0 Å². The quantitative estimate of drug-likeness (QED) is 0.856. The first-order valence-electron chi connectivity index (χ1n) is 6.22.